The van der Waals surface area contributed by atoms with Crippen molar-refractivity contribution in [2.45, 2.75) is 32.1 Å². The number of hydrogen-bond donors (Lipinski definition) is 1. The summed E-state index contributed by atoms with van der Waals surface area (Å²) >= 11 is 3.41. The average Bonchev–Trinajstić information content (AvgIpc) is 2.72. The average molecular weight is 434 g/mol. The van der Waals surface area contributed by atoms with Crippen LogP contribution >= 0.6 is 15.9 Å². The number of carbonyl (C=O) groups is 1. The van der Waals surface area contributed by atoms with E-state index in [0.717, 1.165) is 41.7 Å². The van der Waals surface area contributed by atoms with Crippen molar-refractivity contribution in [3.8, 4) is 5.75 Å². The highest BCUT2D eigenvalue weighted by molar-refractivity contribution is 9.10. The molecule has 0 saturated carbocycles. The number of carbonyl (C=O) groups excluding carboxylic acids is 1. The summed E-state index contributed by atoms with van der Waals surface area (Å²) < 4.78 is 17.3. The van der Waals surface area contributed by atoms with Crippen molar-refractivity contribution in [1.82, 2.24) is 5.32 Å². The van der Waals surface area contributed by atoms with Crippen molar-refractivity contribution < 1.29 is 19.0 Å². The molecule has 0 unspecified atom stereocenters. The van der Waals surface area contributed by atoms with Gasteiger partial charge in [-0.15, -0.1) is 0 Å². The Morgan fingerprint density at radius 3 is 2.74 bits per heavy atom. The first-order chi connectivity index (χ1) is 13.2. The van der Waals surface area contributed by atoms with Gasteiger partial charge in [-0.25, -0.2) is 0 Å². The van der Waals surface area contributed by atoms with Crippen LogP contribution < -0.4 is 10.1 Å². The third kappa shape index (κ3) is 5.79. The molecule has 2 aromatic carbocycles. The van der Waals surface area contributed by atoms with Gasteiger partial charge in [0.2, 0.25) is 0 Å². The molecule has 1 aliphatic heterocycles. The Hall–Kier alpha value is -1.89. The summed E-state index contributed by atoms with van der Waals surface area (Å²) in [7, 11) is 1.58. The van der Waals surface area contributed by atoms with Crippen molar-refractivity contribution in [2.24, 2.45) is 0 Å². The van der Waals surface area contributed by atoms with Gasteiger partial charge < -0.3 is 19.5 Å². The summed E-state index contributed by atoms with van der Waals surface area (Å²) in [5, 5.41) is 2.96. The molecule has 1 saturated heterocycles. The molecule has 0 spiro atoms. The quantitative estimate of drug-likeness (QED) is 0.714. The maximum atomic E-state index is 12.5. The standard InChI is InChI=1S/C21H24BrNO4/c1-25-18-5-6-20(22)19(12-18)21(24)23-13-15-3-2-4-16(11-15)14-27-17-7-9-26-10-8-17/h2-6,11-12,17H,7-10,13-14H2,1H3,(H,23,24). The van der Waals surface area contributed by atoms with Crippen molar-refractivity contribution >= 4 is 21.8 Å². The second-order valence-electron chi connectivity index (χ2n) is 6.47. The summed E-state index contributed by atoms with van der Waals surface area (Å²) in [6, 6.07) is 13.4. The highest BCUT2D eigenvalue weighted by Gasteiger charge is 2.14. The molecule has 1 amide bonds. The minimum Gasteiger partial charge on any atom is -0.497 e. The molecular formula is C21H24BrNO4. The second kappa shape index (κ2) is 9.88. The molecule has 5 nitrogen and oxygen atoms in total. The van der Waals surface area contributed by atoms with Crippen LogP contribution in [0.2, 0.25) is 0 Å². The Morgan fingerprint density at radius 2 is 1.96 bits per heavy atom. The third-order valence-electron chi connectivity index (χ3n) is 4.52. The van der Waals surface area contributed by atoms with Crippen molar-refractivity contribution in [2.75, 3.05) is 20.3 Å². The molecule has 0 aliphatic carbocycles. The lowest BCUT2D eigenvalue weighted by molar-refractivity contribution is -0.0390. The van der Waals surface area contributed by atoms with Gasteiger partial charge in [-0.1, -0.05) is 24.3 Å². The molecule has 0 radical (unpaired) electrons. The summed E-state index contributed by atoms with van der Waals surface area (Å²) in [5.74, 6) is 0.500. The molecule has 2 aromatic rings. The molecular weight excluding hydrogens is 410 g/mol. The molecule has 0 aromatic heterocycles. The van der Waals surface area contributed by atoms with Gasteiger partial charge in [0.05, 0.1) is 25.4 Å². The first kappa shape index (κ1) is 19.9. The lowest BCUT2D eigenvalue weighted by Gasteiger charge is -2.22. The number of benzene rings is 2. The van der Waals surface area contributed by atoms with Gasteiger partial charge in [-0.3, -0.25) is 4.79 Å². The van der Waals surface area contributed by atoms with Crippen LogP contribution in [-0.2, 0) is 22.6 Å². The minimum absolute atomic E-state index is 0.148. The zero-order valence-electron chi connectivity index (χ0n) is 15.4. The maximum absolute atomic E-state index is 12.5. The number of rotatable bonds is 7. The van der Waals surface area contributed by atoms with Crippen LogP contribution in [0.25, 0.3) is 0 Å². The Bertz CT molecular complexity index is 775. The van der Waals surface area contributed by atoms with E-state index in [9.17, 15) is 4.79 Å². The highest BCUT2D eigenvalue weighted by Crippen LogP contribution is 2.22. The maximum Gasteiger partial charge on any atom is 0.252 e. The van der Waals surface area contributed by atoms with Crippen LogP contribution in [0.5, 0.6) is 5.75 Å². The molecule has 1 heterocycles. The third-order valence-corrected chi connectivity index (χ3v) is 5.21. The molecule has 27 heavy (non-hydrogen) atoms. The number of hydrogen-bond acceptors (Lipinski definition) is 4. The predicted molar refractivity (Wildman–Crippen MR) is 107 cm³/mol. The van der Waals surface area contributed by atoms with E-state index >= 15 is 0 Å². The van der Waals surface area contributed by atoms with Crippen molar-refractivity contribution in [1.29, 1.82) is 0 Å². The lowest BCUT2D eigenvalue weighted by Crippen LogP contribution is -2.24. The number of halogens is 1. The first-order valence-electron chi connectivity index (χ1n) is 9.04. The fraction of sp³-hybridized carbons (Fsp3) is 0.381. The second-order valence-corrected chi connectivity index (χ2v) is 7.33. The monoisotopic (exact) mass is 433 g/mol. The topological polar surface area (TPSA) is 56.8 Å². The Balaban J connectivity index is 1.55. The van der Waals surface area contributed by atoms with Crippen LogP contribution in [0.15, 0.2) is 46.9 Å². The molecule has 0 atom stereocenters. The Labute approximate surface area is 168 Å². The smallest absolute Gasteiger partial charge is 0.252 e. The fourth-order valence-electron chi connectivity index (χ4n) is 2.97. The van der Waals surface area contributed by atoms with Gasteiger partial charge in [0, 0.05) is 24.2 Å². The van der Waals surface area contributed by atoms with Gasteiger partial charge in [0.15, 0.2) is 0 Å². The van der Waals surface area contributed by atoms with E-state index in [1.54, 1.807) is 13.2 Å². The Morgan fingerprint density at radius 1 is 1.19 bits per heavy atom. The number of ether oxygens (including phenoxy) is 3. The van der Waals surface area contributed by atoms with Crippen LogP contribution in [0.1, 0.15) is 34.3 Å². The molecule has 6 heteroatoms. The lowest BCUT2D eigenvalue weighted by atomic mass is 10.1. The molecule has 144 valence electrons. The molecule has 1 N–H and O–H groups in total. The zero-order valence-corrected chi connectivity index (χ0v) is 17.0. The van der Waals surface area contributed by atoms with Gasteiger partial charge in [-0.2, -0.15) is 0 Å². The summed E-state index contributed by atoms with van der Waals surface area (Å²) in [6.45, 7) is 2.58. The summed E-state index contributed by atoms with van der Waals surface area (Å²) in [6.07, 6.45) is 2.17. The summed E-state index contributed by atoms with van der Waals surface area (Å²) in [4.78, 5) is 12.5. The van der Waals surface area contributed by atoms with E-state index in [4.69, 9.17) is 14.2 Å². The number of methoxy groups -OCH3 is 1. The number of amides is 1. The van der Waals surface area contributed by atoms with Crippen LogP contribution in [0.3, 0.4) is 0 Å². The van der Waals surface area contributed by atoms with E-state index in [1.807, 2.05) is 30.3 Å². The van der Waals surface area contributed by atoms with Crippen molar-refractivity contribution in [3.05, 3.63) is 63.6 Å². The predicted octanol–water partition coefficient (Wildman–Crippen LogP) is 4.08. The minimum atomic E-state index is -0.148. The number of nitrogens with one attached hydrogen (secondary N) is 1. The SMILES string of the molecule is COc1ccc(Br)c(C(=O)NCc2cccc(COC3CCOCC3)c2)c1. The van der Waals surface area contributed by atoms with Crippen LogP contribution in [-0.4, -0.2) is 32.3 Å². The van der Waals surface area contributed by atoms with Gasteiger partial charge in [-0.05, 0) is 58.1 Å². The van der Waals surface area contributed by atoms with E-state index in [0.29, 0.717) is 24.5 Å². The Kier molecular flexibility index (Phi) is 7.26. The summed E-state index contributed by atoms with van der Waals surface area (Å²) in [5.41, 5.74) is 2.69. The highest BCUT2D eigenvalue weighted by atomic mass is 79.9. The van der Waals surface area contributed by atoms with E-state index in [-0.39, 0.29) is 12.0 Å². The van der Waals surface area contributed by atoms with E-state index in [2.05, 4.69) is 27.3 Å². The molecule has 1 fully saturated rings. The van der Waals surface area contributed by atoms with Gasteiger partial charge in [0.1, 0.15) is 5.75 Å². The van der Waals surface area contributed by atoms with Gasteiger partial charge in [0.25, 0.3) is 5.91 Å². The van der Waals surface area contributed by atoms with Crippen LogP contribution in [0, 0.1) is 0 Å². The van der Waals surface area contributed by atoms with E-state index < -0.39 is 0 Å². The fourth-order valence-corrected chi connectivity index (χ4v) is 3.40. The largest absolute Gasteiger partial charge is 0.497 e. The van der Waals surface area contributed by atoms with E-state index in [1.165, 1.54) is 0 Å². The van der Waals surface area contributed by atoms with Crippen molar-refractivity contribution in [3.63, 3.8) is 0 Å². The first-order valence-corrected chi connectivity index (χ1v) is 9.84. The zero-order chi connectivity index (χ0) is 19.1. The van der Waals surface area contributed by atoms with Gasteiger partial charge >= 0.3 is 0 Å². The molecule has 1 aliphatic rings. The van der Waals surface area contributed by atoms with Crippen LogP contribution in [0.4, 0.5) is 0 Å². The normalized spacial score (nSPS) is 14.7. The molecule has 0 bridgehead atoms. The molecule has 3 rings (SSSR count).